The summed E-state index contributed by atoms with van der Waals surface area (Å²) >= 11 is 5.94. The van der Waals surface area contributed by atoms with Crippen molar-refractivity contribution in [3.8, 4) is 0 Å². The van der Waals surface area contributed by atoms with Crippen LogP contribution >= 0.6 is 11.6 Å². The van der Waals surface area contributed by atoms with Gasteiger partial charge in [-0.05, 0) is 47.4 Å². The molecular weight excluding hydrogens is 535 g/mol. The van der Waals surface area contributed by atoms with E-state index in [4.69, 9.17) is 11.6 Å². The van der Waals surface area contributed by atoms with E-state index in [1.807, 2.05) is 54.6 Å². The lowest BCUT2D eigenvalue weighted by molar-refractivity contribution is -0.139. The second-order valence-electron chi connectivity index (χ2n) is 9.40. The molecule has 0 saturated heterocycles. The maximum Gasteiger partial charge on any atom is 0.326 e. The third kappa shape index (κ3) is 5.84. The highest BCUT2D eigenvalue weighted by Crippen LogP contribution is 2.25. The molecule has 0 unspecified atom stereocenters. The summed E-state index contributed by atoms with van der Waals surface area (Å²) in [6.45, 7) is 0.994. The lowest BCUT2D eigenvalue weighted by Gasteiger charge is -2.27. The molecule has 0 spiro atoms. The fourth-order valence-electron chi connectivity index (χ4n) is 4.66. The summed E-state index contributed by atoms with van der Waals surface area (Å²) in [7, 11) is 0. The number of carbonyl (C=O) groups is 3. The van der Waals surface area contributed by atoms with Gasteiger partial charge in [0.15, 0.2) is 0 Å². The number of rotatable bonds is 7. The molecule has 2 heterocycles. The van der Waals surface area contributed by atoms with Gasteiger partial charge in [-0.25, -0.2) is 9.18 Å². The SMILES string of the molecule is O=C(N[C@@H](Cc1ccc(C2=CCN(C(=O)c3cnnc4ccccc34)CC2)cc1)C(=O)O)c1ccc(F)cc1Cl. The first-order valence-corrected chi connectivity index (χ1v) is 12.9. The average Bonchev–Trinajstić information content (AvgIpc) is 2.96. The molecule has 40 heavy (non-hydrogen) atoms. The lowest BCUT2D eigenvalue weighted by Crippen LogP contribution is -2.42. The van der Waals surface area contributed by atoms with Gasteiger partial charge in [0.2, 0.25) is 0 Å². The van der Waals surface area contributed by atoms with Gasteiger partial charge in [0.25, 0.3) is 11.8 Å². The average molecular weight is 559 g/mol. The molecule has 0 bridgehead atoms. The summed E-state index contributed by atoms with van der Waals surface area (Å²) in [6.07, 6.45) is 4.23. The third-order valence-corrected chi connectivity index (χ3v) is 7.13. The van der Waals surface area contributed by atoms with Crippen molar-refractivity contribution in [1.82, 2.24) is 20.4 Å². The number of aromatic nitrogens is 2. The molecule has 0 radical (unpaired) electrons. The number of carboxylic acids is 1. The molecule has 1 aliphatic rings. The summed E-state index contributed by atoms with van der Waals surface area (Å²) < 4.78 is 13.3. The molecule has 0 fully saturated rings. The van der Waals surface area contributed by atoms with Crippen molar-refractivity contribution in [3.63, 3.8) is 0 Å². The first kappa shape index (κ1) is 27.0. The van der Waals surface area contributed by atoms with E-state index >= 15 is 0 Å². The fourth-order valence-corrected chi connectivity index (χ4v) is 4.92. The van der Waals surface area contributed by atoms with E-state index in [1.165, 1.54) is 12.3 Å². The van der Waals surface area contributed by atoms with Crippen LogP contribution in [0.2, 0.25) is 5.02 Å². The molecule has 4 aromatic rings. The Labute approximate surface area is 234 Å². The van der Waals surface area contributed by atoms with Crippen LogP contribution in [0.25, 0.3) is 16.5 Å². The van der Waals surface area contributed by atoms with Crippen LogP contribution in [-0.4, -0.2) is 57.1 Å². The predicted molar refractivity (Wildman–Crippen MR) is 148 cm³/mol. The minimum atomic E-state index is -1.20. The zero-order valence-electron chi connectivity index (χ0n) is 21.2. The van der Waals surface area contributed by atoms with Crippen LogP contribution < -0.4 is 5.32 Å². The quantitative estimate of drug-likeness (QED) is 0.338. The van der Waals surface area contributed by atoms with Crippen LogP contribution in [0.15, 0.2) is 79.0 Å². The van der Waals surface area contributed by atoms with Gasteiger partial charge in [0, 0.05) is 24.9 Å². The maximum absolute atomic E-state index is 13.3. The normalized spacial score (nSPS) is 13.9. The van der Waals surface area contributed by atoms with Crippen molar-refractivity contribution >= 4 is 45.9 Å². The zero-order chi connectivity index (χ0) is 28.2. The molecule has 1 aliphatic heterocycles. The molecule has 2 N–H and O–H groups in total. The van der Waals surface area contributed by atoms with Crippen molar-refractivity contribution in [2.75, 3.05) is 13.1 Å². The fraction of sp³-hybridized carbons (Fsp3) is 0.167. The summed E-state index contributed by atoms with van der Waals surface area (Å²) in [5.74, 6) is -2.59. The number of halogens is 2. The van der Waals surface area contributed by atoms with Gasteiger partial charge in [-0.3, -0.25) is 9.59 Å². The number of amides is 2. The van der Waals surface area contributed by atoms with Gasteiger partial charge in [-0.1, -0.05) is 60.1 Å². The first-order valence-electron chi connectivity index (χ1n) is 12.6. The number of nitrogens with one attached hydrogen (secondary N) is 1. The molecule has 0 saturated carbocycles. The summed E-state index contributed by atoms with van der Waals surface area (Å²) in [4.78, 5) is 39.3. The van der Waals surface area contributed by atoms with E-state index < -0.39 is 23.7 Å². The molecule has 5 rings (SSSR count). The van der Waals surface area contributed by atoms with E-state index in [1.54, 1.807) is 4.90 Å². The number of hydrogen-bond donors (Lipinski definition) is 2. The van der Waals surface area contributed by atoms with E-state index in [0.717, 1.165) is 28.7 Å². The topological polar surface area (TPSA) is 112 Å². The largest absolute Gasteiger partial charge is 0.480 e. The molecular formula is C30H24ClFN4O4. The minimum absolute atomic E-state index is 0.00481. The minimum Gasteiger partial charge on any atom is -0.480 e. The van der Waals surface area contributed by atoms with Crippen LogP contribution in [-0.2, 0) is 11.2 Å². The van der Waals surface area contributed by atoms with Crippen LogP contribution in [0.1, 0.15) is 38.3 Å². The molecule has 2 amide bonds. The number of aliphatic carboxylic acids is 1. The molecule has 1 atom stereocenters. The standard InChI is InChI=1S/C30H24ClFN4O4/c31-25-16-21(32)9-10-23(25)28(37)34-27(30(39)40)15-18-5-7-19(8-6-18)20-11-13-36(14-12-20)29(38)24-17-33-35-26-4-2-1-3-22(24)26/h1-11,16-17,27H,12-15H2,(H,34,37)(H,39,40)/t27-/m0/s1. The van der Waals surface area contributed by atoms with Gasteiger partial charge >= 0.3 is 5.97 Å². The van der Waals surface area contributed by atoms with Crippen molar-refractivity contribution in [1.29, 1.82) is 0 Å². The zero-order valence-corrected chi connectivity index (χ0v) is 21.9. The Hall–Kier alpha value is -4.63. The van der Waals surface area contributed by atoms with Crippen LogP contribution in [0, 0.1) is 5.82 Å². The number of carboxylic acid groups (broad SMARTS) is 1. The Morgan fingerprint density at radius 1 is 1.05 bits per heavy atom. The lowest BCUT2D eigenvalue weighted by atomic mass is 9.96. The summed E-state index contributed by atoms with van der Waals surface area (Å²) in [5.41, 5.74) is 3.96. The summed E-state index contributed by atoms with van der Waals surface area (Å²) in [5, 5.41) is 20.8. The number of fused-ring (bicyclic) bond motifs is 1. The van der Waals surface area contributed by atoms with Gasteiger partial charge in [-0.15, -0.1) is 0 Å². The Morgan fingerprint density at radius 2 is 1.82 bits per heavy atom. The van der Waals surface area contributed by atoms with Gasteiger partial charge in [-0.2, -0.15) is 10.2 Å². The van der Waals surface area contributed by atoms with Crippen LogP contribution in [0.5, 0.6) is 0 Å². The second-order valence-corrected chi connectivity index (χ2v) is 9.80. The van der Waals surface area contributed by atoms with Gasteiger partial charge in [0.1, 0.15) is 11.9 Å². The number of carbonyl (C=O) groups excluding carboxylic acids is 2. The highest BCUT2D eigenvalue weighted by atomic mass is 35.5. The van der Waals surface area contributed by atoms with Crippen molar-refractivity contribution < 1.29 is 23.9 Å². The molecule has 3 aromatic carbocycles. The van der Waals surface area contributed by atoms with Gasteiger partial charge < -0.3 is 15.3 Å². The Balaban J connectivity index is 1.23. The highest BCUT2D eigenvalue weighted by molar-refractivity contribution is 6.33. The van der Waals surface area contributed by atoms with E-state index in [2.05, 4.69) is 15.5 Å². The van der Waals surface area contributed by atoms with Crippen molar-refractivity contribution in [3.05, 3.63) is 112 Å². The second kappa shape index (κ2) is 11.6. The number of nitrogens with zero attached hydrogens (tertiary/aromatic N) is 3. The smallest absolute Gasteiger partial charge is 0.326 e. The first-order chi connectivity index (χ1) is 19.3. The van der Waals surface area contributed by atoms with Crippen molar-refractivity contribution in [2.24, 2.45) is 0 Å². The Kier molecular flexibility index (Phi) is 7.84. The Bertz CT molecular complexity index is 1640. The predicted octanol–water partition coefficient (Wildman–Crippen LogP) is 4.78. The van der Waals surface area contributed by atoms with Gasteiger partial charge in [0.05, 0.1) is 27.9 Å². The molecule has 202 valence electrons. The van der Waals surface area contributed by atoms with E-state index in [-0.39, 0.29) is 22.9 Å². The number of benzene rings is 3. The van der Waals surface area contributed by atoms with Crippen molar-refractivity contribution in [2.45, 2.75) is 18.9 Å². The van der Waals surface area contributed by atoms with Crippen LogP contribution in [0.3, 0.4) is 0 Å². The monoisotopic (exact) mass is 558 g/mol. The van der Waals surface area contributed by atoms with Crippen LogP contribution in [0.4, 0.5) is 4.39 Å². The molecule has 10 heteroatoms. The van der Waals surface area contributed by atoms with E-state index in [9.17, 15) is 23.9 Å². The number of hydrogen-bond acceptors (Lipinski definition) is 5. The Morgan fingerprint density at radius 3 is 2.52 bits per heavy atom. The van der Waals surface area contributed by atoms with E-state index in [0.29, 0.717) is 36.2 Å². The third-order valence-electron chi connectivity index (χ3n) is 6.82. The maximum atomic E-state index is 13.3. The molecule has 8 nitrogen and oxygen atoms in total. The molecule has 1 aromatic heterocycles. The summed E-state index contributed by atoms with van der Waals surface area (Å²) in [6, 6.07) is 16.9. The highest BCUT2D eigenvalue weighted by Gasteiger charge is 2.24. The molecule has 0 aliphatic carbocycles.